The third-order valence-electron chi connectivity index (χ3n) is 5.88. The van der Waals surface area contributed by atoms with Crippen molar-refractivity contribution in [3.8, 4) is 28.2 Å². The van der Waals surface area contributed by atoms with Gasteiger partial charge in [-0.2, -0.15) is 5.10 Å². The fourth-order valence-corrected chi connectivity index (χ4v) is 4.23. The van der Waals surface area contributed by atoms with Crippen molar-refractivity contribution < 1.29 is 4.79 Å². The van der Waals surface area contributed by atoms with Crippen LogP contribution in [0.3, 0.4) is 0 Å². The number of ketones is 1. The van der Waals surface area contributed by atoms with Gasteiger partial charge in [0.2, 0.25) is 5.95 Å². The summed E-state index contributed by atoms with van der Waals surface area (Å²) in [5.41, 5.74) is 11.2. The van der Waals surface area contributed by atoms with Gasteiger partial charge < -0.3 is 10.3 Å². The molecular formula is C26H26N8O. The summed E-state index contributed by atoms with van der Waals surface area (Å²) in [5.74, 6) is 1.05. The lowest BCUT2D eigenvalue weighted by molar-refractivity contribution is 0.0988. The quantitative estimate of drug-likeness (QED) is 0.374. The lowest BCUT2D eigenvalue weighted by Crippen LogP contribution is -2.23. The number of nitrogens with two attached hydrogens (primary N) is 1. The lowest BCUT2D eigenvalue weighted by Gasteiger charge is -2.25. The minimum Gasteiger partial charge on any atom is -0.368 e. The van der Waals surface area contributed by atoms with Gasteiger partial charge in [0.05, 0.1) is 16.7 Å². The van der Waals surface area contributed by atoms with Crippen LogP contribution in [0.15, 0.2) is 61.4 Å². The summed E-state index contributed by atoms with van der Waals surface area (Å²) in [6.45, 7) is 8.26. The van der Waals surface area contributed by atoms with E-state index in [0.717, 1.165) is 39.2 Å². The van der Waals surface area contributed by atoms with E-state index in [1.54, 1.807) is 23.4 Å². The summed E-state index contributed by atoms with van der Waals surface area (Å²) >= 11 is 0. The van der Waals surface area contributed by atoms with Gasteiger partial charge in [-0.05, 0) is 56.7 Å². The molecule has 0 atom stereocenters. The third-order valence-corrected chi connectivity index (χ3v) is 5.88. The molecule has 35 heavy (non-hydrogen) atoms. The van der Waals surface area contributed by atoms with Crippen LogP contribution in [0.4, 0.5) is 5.95 Å². The molecule has 0 saturated carbocycles. The summed E-state index contributed by atoms with van der Waals surface area (Å²) in [6, 6.07) is 11.7. The fraction of sp³-hybridized carbons (Fsp3) is 0.231. The summed E-state index contributed by atoms with van der Waals surface area (Å²) < 4.78 is 3.89. The van der Waals surface area contributed by atoms with Gasteiger partial charge in [-0.15, -0.1) is 0 Å². The number of nitrogens with zero attached hydrogens (tertiary/aromatic N) is 7. The Labute approximate surface area is 202 Å². The number of nitrogen functional groups attached to an aromatic ring is 1. The average molecular weight is 467 g/mol. The SMILES string of the molecule is CCC(=O)c1ccc(-n2cncn2)c(-c2nc3cc(-c4cnc(N)nc4)ccc3n2C(C)(C)C)c1. The van der Waals surface area contributed by atoms with Crippen molar-refractivity contribution >= 4 is 22.8 Å². The van der Waals surface area contributed by atoms with E-state index in [1.165, 1.54) is 6.33 Å². The number of imidazole rings is 1. The van der Waals surface area contributed by atoms with Gasteiger partial charge in [-0.3, -0.25) is 4.79 Å². The first-order valence-electron chi connectivity index (χ1n) is 11.4. The first kappa shape index (κ1) is 22.4. The van der Waals surface area contributed by atoms with Crippen LogP contribution in [0.1, 0.15) is 44.5 Å². The second kappa shape index (κ2) is 8.43. The molecule has 9 nitrogen and oxygen atoms in total. The van der Waals surface area contributed by atoms with E-state index in [2.05, 4.69) is 51.5 Å². The molecule has 0 saturated heterocycles. The van der Waals surface area contributed by atoms with Crippen LogP contribution in [-0.4, -0.2) is 40.1 Å². The molecule has 0 spiro atoms. The Hall–Kier alpha value is -4.40. The smallest absolute Gasteiger partial charge is 0.219 e. The van der Waals surface area contributed by atoms with E-state index in [0.29, 0.717) is 12.0 Å². The van der Waals surface area contributed by atoms with Crippen molar-refractivity contribution in [2.24, 2.45) is 0 Å². The van der Waals surface area contributed by atoms with Gasteiger partial charge >= 0.3 is 0 Å². The van der Waals surface area contributed by atoms with Crippen LogP contribution < -0.4 is 5.73 Å². The van der Waals surface area contributed by atoms with Crippen molar-refractivity contribution in [1.82, 2.24) is 34.3 Å². The van der Waals surface area contributed by atoms with Crippen molar-refractivity contribution in [3.63, 3.8) is 0 Å². The highest BCUT2D eigenvalue weighted by molar-refractivity contribution is 5.98. The molecule has 2 aromatic carbocycles. The molecule has 3 aromatic heterocycles. The van der Waals surface area contributed by atoms with Crippen LogP contribution in [-0.2, 0) is 5.54 Å². The molecule has 0 amide bonds. The second-order valence-corrected chi connectivity index (χ2v) is 9.32. The Kier molecular flexibility index (Phi) is 5.39. The highest BCUT2D eigenvalue weighted by Gasteiger charge is 2.25. The molecule has 3 heterocycles. The Morgan fingerprint density at radius 3 is 2.46 bits per heavy atom. The van der Waals surface area contributed by atoms with Crippen LogP contribution in [0.2, 0.25) is 0 Å². The van der Waals surface area contributed by atoms with Crippen LogP contribution in [0.5, 0.6) is 0 Å². The first-order valence-corrected chi connectivity index (χ1v) is 11.4. The van der Waals surface area contributed by atoms with E-state index in [9.17, 15) is 4.79 Å². The van der Waals surface area contributed by atoms with Crippen molar-refractivity contribution in [1.29, 1.82) is 0 Å². The van der Waals surface area contributed by atoms with Gasteiger partial charge in [-0.1, -0.05) is 13.0 Å². The molecule has 0 radical (unpaired) electrons. The van der Waals surface area contributed by atoms with Crippen LogP contribution >= 0.6 is 0 Å². The maximum Gasteiger partial charge on any atom is 0.219 e. The Balaban J connectivity index is 1.78. The third kappa shape index (κ3) is 4.05. The molecule has 0 aliphatic rings. The number of hydrogen-bond donors (Lipinski definition) is 1. The molecule has 5 aromatic rings. The number of aromatic nitrogens is 7. The number of Topliss-reactive ketones (excluding diaryl/α,β-unsaturated/α-hetero) is 1. The second-order valence-electron chi connectivity index (χ2n) is 9.32. The number of carbonyl (C=O) groups is 1. The molecule has 0 bridgehead atoms. The molecule has 176 valence electrons. The van der Waals surface area contributed by atoms with Gasteiger partial charge in [-0.25, -0.2) is 24.6 Å². The molecule has 0 aliphatic heterocycles. The zero-order chi connectivity index (χ0) is 24.7. The molecule has 0 unspecified atom stereocenters. The maximum atomic E-state index is 12.6. The topological polar surface area (TPSA) is 117 Å². The number of benzene rings is 2. The molecule has 2 N–H and O–H groups in total. The fourth-order valence-electron chi connectivity index (χ4n) is 4.23. The first-order chi connectivity index (χ1) is 16.8. The van der Waals surface area contributed by atoms with Gasteiger partial charge in [0, 0.05) is 41.0 Å². The van der Waals surface area contributed by atoms with E-state index < -0.39 is 0 Å². The highest BCUT2D eigenvalue weighted by Crippen LogP contribution is 2.36. The van der Waals surface area contributed by atoms with E-state index in [4.69, 9.17) is 10.7 Å². The number of rotatable bonds is 5. The monoisotopic (exact) mass is 466 g/mol. The minimum atomic E-state index is -0.291. The standard InChI is InChI=1S/C26H26N8O/c1-5-23(35)17-7-8-21(33-15-28-14-31-33)19(10-17)24-32-20-11-16(18-12-29-25(27)30-13-18)6-9-22(20)34(24)26(2,3)4/h6-15H,5H2,1-4H3,(H2,27,29,30). The summed E-state index contributed by atoms with van der Waals surface area (Å²) in [4.78, 5) is 30.0. The van der Waals surface area contributed by atoms with E-state index in [-0.39, 0.29) is 17.3 Å². The molecule has 0 fully saturated rings. The van der Waals surface area contributed by atoms with Crippen molar-refractivity contribution in [3.05, 3.63) is 67.0 Å². The lowest BCUT2D eigenvalue weighted by atomic mass is 10.0. The van der Waals surface area contributed by atoms with E-state index >= 15 is 0 Å². The predicted octanol–water partition coefficient (Wildman–Crippen LogP) is 4.67. The molecular weight excluding hydrogens is 440 g/mol. The predicted molar refractivity (Wildman–Crippen MR) is 135 cm³/mol. The zero-order valence-electron chi connectivity index (χ0n) is 20.1. The Morgan fingerprint density at radius 2 is 1.80 bits per heavy atom. The minimum absolute atomic E-state index is 0.0699. The van der Waals surface area contributed by atoms with Gasteiger partial charge in [0.15, 0.2) is 5.78 Å². The molecule has 5 rings (SSSR count). The summed E-state index contributed by atoms with van der Waals surface area (Å²) in [7, 11) is 0. The highest BCUT2D eigenvalue weighted by atomic mass is 16.1. The molecule has 0 aliphatic carbocycles. The van der Waals surface area contributed by atoms with Crippen LogP contribution in [0.25, 0.3) is 39.2 Å². The normalized spacial score (nSPS) is 11.8. The summed E-state index contributed by atoms with van der Waals surface area (Å²) in [6.07, 6.45) is 6.96. The number of carbonyl (C=O) groups excluding carboxylic acids is 1. The Bertz CT molecular complexity index is 1530. The Morgan fingerprint density at radius 1 is 1.03 bits per heavy atom. The average Bonchev–Trinajstić information content (AvgIpc) is 3.51. The van der Waals surface area contributed by atoms with E-state index in [1.807, 2.05) is 37.3 Å². The largest absolute Gasteiger partial charge is 0.368 e. The van der Waals surface area contributed by atoms with Crippen molar-refractivity contribution in [2.45, 2.75) is 39.7 Å². The zero-order valence-corrected chi connectivity index (χ0v) is 20.1. The number of anilines is 1. The van der Waals surface area contributed by atoms with Gasteiger partial charge in [0.1, 0.15) is 18.5 Å². The van der Waals surface area contributed by atoms with Gasteiger partial charge in [0.25, 0.3) is 0 Å². The molecule has 9 heteroatoms. The number of fused-ring (bicyclic) bond motifs is 1. The van der Waals surface area contributed by atoms with Crippen LogP contribution in [0, 0.1) is 0 Å². The summed E-state index contributed by atoms with van der Waals surface area (Å²) in [5, 5.41) is 4.33. The van der Waals surface area contributed by atoms with Crippen molar-refractivity contribution in [2.75, 3.05) is 5.73 Å². The number of hydrogen-bond acceptors (Lipinski definition) is 7. The maximum absolute atomic E-state index is 12.6.